The highest BCUT2D eigenvalue weighted by atomic mass is 16.4. The van der Waals surface area contributed by atoms with Crippen molar-refractivity contribution in [1.29, 1.82) is 0 Å². The van der Waals surface area contributed by atoms with Gasteiger partial charge in [-0.2, -0.15) is 0 Å². The Morgan fingerprint density at radius 1 is 1.37 bits per heavy atom. The van der Waals surface area contributed by atoms with Gasteiger partial charge in [-0.25, -0.2) is 9.59 Å². The van der Waals surface area contributed by atoms with E-state index in [4.69, 9.17) is 11.5 Å². The number of carbonyl (C=O) groups excluding carboxylic acids is 2. The Balaban J connectivity index is 4.63. The summed E-state index contributed by atoms with van der Waals surface area (Å²) < 4.78 is 0. The lowest BCUT2D eigenvalue weighted by Gasteiger charge is -2.24. The SMILES string of the molecule is C#CCC(NC(=O)N(CC)CC(=O)N(C)C)C(=O)O. The van der Waals surface area contributed by atoms with Gasteiger partial charge in [0.25, 0.3) is 0 Å². The molecule has 0 saturated carbocycles. The number of likely N-dealkylation sites (N-methyl/N-ethyl adjacent to an activating group) is 2. The number of nitrogens with one attached hydrogen (secondary N) is 1. The Morgan fingerprint density at radius 3 is 2.32 bits per heavy atom. The molecule has 0 saturated heterocycles. The Bertz CT molecular complexity index is 387. The van der Waals surface area contributed by atoms with Crippen LogP contribution in [0.15, 0.2) is 0 Å². The van der Waals surface area contributed by atoms with Crippen LogP contribution in [-0.2, 0) is 9.59 Å². The minimum Gasteiger partial charge on any atom is -0.480 e. The van der Waals surface area contributed by atoms with Gasteiger partial charge in [-0.05, 0) is 6.92 Å². The summed E-state index contributed by atoms with van der Waals surface area (Å²) in [6.07, 6.45) is 4.92. The fraction of sp³-hybridized carbons (Fsp3) is 0.583. The van der Waals surface area contributed by atoms with Crippen LogP contribution in [0.4, 0.5) is 4.79 Å². The minimum absolute atomic E-state index is 0.111. The van der Waals surface area contributed by atoms with Crippen molar-refractivity contribution in [3.63, 3.8) is 0 Å². The van der Waals surface area contributed by atoms with E-state index in [0.717, 1.165) is 0 Å². The van der Waals surface area contributed by atoms with E-state index in [-0.39, 0.29) is 25.4 Å². The molecular weight excluding hydrogens is 250 g/mol. The van der Waals surface area contributed by atoms with E-state index in [1.807, 2.05) is 0 Å². The molecule has 0 aliphatic heterocycles. The highest BCUT2D eigenvalue weighted by Crippen LogP contribution is 1.97. The Morgan fingerprint density at radius 2 is 1.95 bits per heavy atom. The van der Waals surface area contributed by atoms with Gasteiger partial charge in [0.05, 0.1) is 0 Å². The van der Waals surface area contributed by atoms with E-state index in [1.54, 1.807) is 21.0 Å². The lowest BCUT2D eigenvalue weighted by atomic mass is 10.2. The van der Waals surface area contributed by atoms with Gasteiger partial charge >= 0.3 is 12.0 Å². The van der Waals surface area contributed by atoms with Crippen molar-refractivity contribution in [2.24, 2.45) is 0 Å². The van der Waals surface area contributed by atoms with Gasteiger partial charge in [-0.15, -0.1) is 12.3 Å². The van der Waals surface area contributed by atoms with Crippen molar-refractivity contribution in [2.75, 3.05) is 27.2 Å². The zero-order chi connectivity index (χ0) is 15.0. The number of hydrogen-bond acceptors (Lipinski definition) is 3. The number of terminal acetylenes is 1. The second-order valence-corrected chi connectivity index (χ2v) is 4.05. The number of aliphatic carboxylic acids is 1. The smallest absolute Gasteiger partial charge is 0.327 e. The largest absolute Gasteiger partial charge is 0.480 e. The molecule has 2 N–H and O–H groups in total. The summed E-state index contributed by atoms with van der Waals surface area (Å²) >= 11 is 0. The van der Waals surface area contributed by atoms with Crippen LogP contribution in [0.5, 0.6) is 0 Å². The zero-order valence-corrected chi connectivity index (χ0v) is 11.3. The number of hydrogen-bond donors (Lipinski definition) is 2. The first-order valence-electron chi connectivity index (χ1n) is 5.75. The third kappa shape index (κ3) is 5.77. The molecule has 0 aromatic rings. The molecule has 0 bridgehead atoms. The molecule has 3 amide bonds. The second kappa shape index (κ2) is 7.97. The first-order valence-corrected chi connectivity index (χ1v) is 5.75. The molecule has 7 heteroatoms. The van der Waals surface area contributed by atoms with Crippen LogP contribution >= 0.6 is 0 Å². The molecule has 0 heterocycles. The summed E-state index contributed by atoms with van der Waals surface area (Å²) in [4.78, 5) is 36.8. The van der Waals surface area contributed by atoms with Crippen molar-refractivity contribution in [3.8, 4) is 12.3 Å². The molecule has 0 aromatic heterocycles. The second-order valence-electron chi connectivity index (χ2n) is 4.05. The number of carbonyl (C=O) groups is 3. The highest BCUT2D eigenvalue weighted by molar-refractivity contribution is 5.86. The molecule has 19 heavy (non-hydrogen) atoms. The molecule has 106 valence electrons. The van der Waals surface area contributed by atoms with Gasteiger partial charge in [0.1, 0.15) is 12.6 Å². The fourth-order valence-electron chi connectivity index (χ4n) is 1.19. The third-order valence-electron chi connectivity index (χ3n) is 2.41. The normalized spacial score (nSPS) is 11.1. The van der Waals surface area contributed by atoms with Crippen LogP contribution in [0.1, 0.15) is 13.3 Å². The molecule has 7 nitrogen and oxygen atoms in total. The number of rotatable bonds is 6. The van der Waals surface area contributed by atoms with Gasteiger partial charge in [0.15, 0.2) is 0 Å². The van der Waals surface area contributed by atoms with Crippen LogP contribution in [0.25, 0.3) is 0 Å². The van der Waals surface area contributed by atoms with Crippen molar-refractivity contribution in [3.05, 3.63) is 0 Å². The van der Waals surface area contributed by atoms with E-state index in [1.165, 1.54) is 9.80 Å². The number of carboxylic acids is 1. The average molecular weight is 269 g/mol. The van der Waals surface area contributed by atoms with Crippen LogP contribution in [-0.4, -0.2) is 66.0 Å². The quantitative estimate of drug-likeness (QED) is 0.641. The van der Waals surface area contributed by atoms with Crippen molar-refractivity contribution in [2.45, 2.75) is 19.4 Å². The van der Waals surface area contributed by atoms with Gasteiger partial charge in [-0.3, -0.25) is 4.79 Å². The van der Waals surface area contributed by atoms with Crippen LogP contribution in [0.3, 0.4) is 0 Å². The number of urea groups is 1. The maximum atomic E-state index is 11.8. The minimum atomic E-state index is -1.21. The monoisotopic (exact) mass is 269 g/mol. The molecule has 1 atom stereocenters. The number of amides is 3. The van der Waals surface area contributed by atoms with Gasteiger partial charge in [0, 0.05) is 27.1 Å². The maximum Gasteiger partial charge on any atom is 0.327 e. The molecule has 0 aliphatic rings. The van der Waals surface area contributed by atoms with Crippen molar-refractivity contribution in [1.82, 2.24) is 15.1 Å². The summed E-state index contributed by atoms with van der Waals surface area (Å²) in [5, 5.41) is 11.2. The van der Waals surface area contributed by atoms with Gasteiger partial charge in [0.2, 0.25) is 5.91 Å². The van der Waals surface area contributed by atoms with Crippen molar-refractivity contribution < 1.29 is 19.5 Å². The third-order valence-corrected chi connectivity index (χ3v) is 2.41. The van der Waals surface area contributed by atoms with Crippen LogP contribution in [0.2, 0.25) is 0 Å². The van der Waals surface area contributed by atoms with E-state index in [9.17, 15) is 14.4 Å². The maximum absolute atomic E-state index is 11.8. The number of carboxylic acid groups (broad SMARTS) is 1. The lowest BCUT2D eigenvalue weighted by Crippen LogP contribution is -2.50. The Kier molecular flexibility index (Phi) is 7.04. The van der Waals surface area contributed by atoms with E-state index in [0.29, 0.717) is 0 Å². The molecule has 0 aliphatic carbocycles. The Labute approximate surface area is 112 Å². The summed E-state index contributed by atoms with van der Waals surface area (Å²) in [5.74, 6) is 0.725. The highest BCUT2D eigenvalue weighted by Gasteiger charge is 2.23. The summed E-state index contributed by atoms with van der Waals surface area (Å²) in [5.41, 5.74) is 0. The van der Waals surface area contributed by atoms with E-state index in [2.05, 4.69) is 11.2 Å². The van der Waals surface area contributed by atoms with Crippen LogP contribution in [0, 0.1) is 12.3 Å². The first kappa shape index (κ1) is 16.8. The predicted octanol–water partition coefficient (Wildman–Crippen LogP) is -0.417. The molecule has 0 fully saturated rings. The predicted molar refractivity (Wildman–Crippen MR) is 69.3 cm³/mol. The lowest BCUT2D eigenvalue weighted by molar-refractivity contribution is -0.139. The molecular formula is C12H19N3O4. The molecule has 1 unspecified atom stereocenters. The summed E-state index contributed by atoms with van der Waals surface area (Å²) in [6.45, 7) is 1.87. The summed E-state index contributed by atoms with van der Waals surface area (Å²) in [6, 6.07) is -1.78. The van der Waals surface area contributed by atoms with E-state index >= 15 is 0 Å². The first-order chi connectivity index (χ1) is 8.83. The Hall–Kier alpha value is -2.23. The molecule has 0 aromatic carbocycles. The zero-order valence-electron chi connectivity index (χ0n) is 11.3. The van der Waals surface area contributed by atoms with Gasteiger partial charge in [-0.1, -0.05) is 0 Å². The van der Waals surface area contributed by atoms with Crippen LogP contribution < -0.4 is 5.32 Å². The number of nitrogens with zero attached hydrogens (tertiary/aromatic N) is 2. The average Bonchev–Trinajstić information content (AvgIpc) is 2.34. The fourth-order valence-corrected chi connectivity index (χ4v) is 1.19. The standard InChI is InChI=1S/C12H19N3O4/c1-5-7-9(11(17)18)13-12(19)15(6-2)8-10(16)14(3)4/h1,9H,6-8H2,2-4H3,(H,13,19)(H,17,18). The summed E-state index contributed by atoms with van der Waals surface area (Å²) in [7, 11) is 3.15. The molecule has 0 rings (SSSR count). The molecule has 0 spiro atoms. The molecule has 0 radical (unpaired) electrons. The topological polar surface area (TPSA) is 90.0 Å². The van der Waals surface area contributed by atoms with Gasteiger partial charge < -0.3 is 20.2 Å². The van der Waals surface area contributed by atoms with Crippen molar-refractivity contribution >= 4 is 17.9 Å². The van der Waals surface area contributed by atoms with E-state index < -0.39 is 18.0 Å².